The summed E-state index contributed by atoms with van der Waals surface area (Å²) in [6.07, 6.45) is 4.36. The van der Waals surface area contributed by atoms with Crippen LogP contribution >= 0.6 is 0 Å². The van der Waals surface area contributed by atoms with Crippen molar-refractivity contribution in [2.45, 2.75) is 13.0 Å². The van der Waals surface area contributed by atoms with Crippen LogP contribution in [0.25, 0.3) is 16.8 Å². The van der Waals surface area contributed by atoms with E-state index in [0.717, 1.165) is 6.54 Å². The molecule has 0 aromatic heterocycles. The Hall–Kier alpha value is -2.38. The first-order chi connectivity index (χ1) is 10.8. The van der Waals surface area contributed by atoms with E-state index in [0.29, 0.717) is 6.04 Å². The zero-order valence-electron chi connectivity index (χ0n) is 12.9. The van der Waals surface area contributed by atoms with Gasteiger partial charge in [-0.1, -0.05) is 78.9 Å². The molecule has 1 heteroatoms. The van der Waals surface area contributed by atoms with Crippen molar-refractivity contribution in [2.75, 3.05) is 6.54 Å². The van der Waals surface area contributed by atoms with Crippen LogP contribution in [0, 0.1) is 0 Å². The van der Waals surface area contributed by atoms with Gasteiger partial charge in [-0.15, -0.1) is 0 Å². The van der Waals surface area contributed by atoms with Gasteiger partial charge in [-0.05, 0) is 34.9 Å². The van der Waals surface area contributed by atoms with Crippen LogP contribution in [0.3, 0.4) is 0 Å². The van der Waals surface area contributed by atoms with Crippen molar-refractivity contribution in [3.63, 3.8) is 0 Å². The summed E-state index contributed by atoms with van der Waals surface area (Å²) in [6.45, 7) is 3.06. The van der Waals surface area contributed by atoms with Gasteiger partial charge in [0.05, 0.1) is 0 Å². The van der Waals surface area contributed by atoms with Gasteiger partial charge in [0.25, 0.3) is 0 Å². The molecular weight excluding hydrogens is 266 g/mol. The van der Waals surface area contributed by atoms with Crippen LogP contribution in [0.5, 0.6) is 0 Å². The van der Waals surface area contributed by atoms with Crippen molar-refractivity contribution >= 4 is 16.8 Å². The van der Waals surface area contributed by atoms with Crippen LogP contribution in [0.15, 0.2) is 78.9 Å². The van der Waals surface area contributed by atoms with Crippen molar-refractivity contribution < 1.29 is 0 Å². The van der Waals surface area contributed by atoms with Crippen LogP contribution in [-0.2, 0) is 0 Å². The summed E-state index contributed by atoms with van der Waals surface area (Å²) in [5.41, 5.74) is 2.56. The zero-order valence-corrected chi connectivity index (χ0v) is 12.9. The van der Waals surface area contributed by atoms with Crippen molar-refractivity contribution in [2.24, 2.45) is 0 Å². The van der Waals surface area contributed by atoms with Crippen molar-refractivity contribution in [1.82, 2.24) is 5.32 Å². The van der Waals surface area contributed by atoms with E-state index >= 15 is 0 Å². The lowest BCUT2D eigenvalue weighted by atomic mass is 10.1. The first kappa shape index (κ1) is 14.6. The molecule has 0 amide bonds. The van der Waals surface area contributed by atoms with Crippen LogP contribution in [-0.4, -0.2) is 6.54 Å². The molecule has 0 aliphatic rings. The molecule has 0 heterocycles. The van der Waals surface area contributed by atoms with E-state index in [1.54, 1.807) is 0 Å². The van der Waals surface area contributed by atoms with E-state index in [-0.39, 0.29) is 0 Å². The largest absolute Gasteiger partial charge is 0.307 e. The molecule has 0 spiro atoms. The molecule has 1 atom stereocenters. The zero-order chi connectivity index (χ0) is 15.2. The Labute approximate surface area is 132 Å². The molecular formula is C21H21N. The summed E-state index contributed by atoms with van der Waals surface area (Å²) in [6, 6.07) is 25.9. The predicted octanol–water partition coefficient (Wildman–Crippen LogP) is 5.20. The maximum absolute atomic E-state index is 3.52. The molecule has 0 saturated heterocycles. The third-order valence-electron chi connectivity index (χ3n) is 3.93. The van der Waals surface area contributed by atoms with Gasteiger partial charge < -0.3 is 5.32 Å². The van der Waals surface area contributed by atoms with E-state index in [1.807, 2.05) is 0 Å². The van der Waals surface area contributed by atoms with E-state index in [1.165, 1.54) is 21.9 Å². The number of benzene rings is 3. The minimum atomic E-state index is 0.363. The van der Waals surface area contributed by atoms with Crippen molar-refractivity contribution in [1.29, 1.82) is 0 Å². The minimum Gasteiger partial charge on any atom is -0.307 e. The topological polar surface area (TPSA) is 12.0 Å². The van der Waals surface area contributed by atoms with Gasteiger partial charge >= 0.3 is 0 Å². The van der Waals surface area contributed by atoms with Gasteiger partial charge in [-0.25, -0.2) is 0 Å². The second kappa shape index (κ2) is 7.06. The Morgan fingerprint density at radius 1 is 0.864 bits per heavy atom. The fourth-order valence-corrected chi connectivity index (χ4v) is 2.61. The molecule has 1 N–H and O–H groups in total. The number of rotatable bonds is 5. The molecule has 22 heavy (non-hydrogen) atoms. The Morgan fingerprint density at radius 2 is 1.59 bits per heavy atom. The fraction of sp³-hybridized carbons (Fsp3) is 0.143. The molecule has 3 aromatic rings. The smallest absolute Gasteiger partial charge is 0.0294 e. The predicted molar refractivity (Wildman–Crippen MR) is 95.8 cm³/mol. The lowest BCUT2D eigenvalue weighted by Gasteiger charge is -2.12. The molecule has 0 aliphatic carbocycles. The molecule has 0 radical (unpaired) electrons. The standard InChI is InChI=1S/C21H21N/c1-17(19-9-3-2-4-10-19)22-15-7-8-18-13-14-20-11-5-6-12-21(20)16-18/h2-14,16-17,22H,15H2,1H3. The van der Waals surface area contributed by atoms with Gasteiger partial charge in [0.15, 0.2) is 0 Å². The third kappa shape index (κ3) is 3.63. The molecule has 110 valence electrons. The summed E-state index contributed by atoms with van der Waals surface area (Å²) >= 11 is 0. The lowest BCUT2D eigenvalue weighted by Crippen LogP contribution is -2.18. The molecule has 0 aliphatic heterocycles. The molecule has 0 bridgehead atoms. The van der Waals surface area contributed by atoms with E-state index in [2.05, 4.69) is 97.2 Å². The summed E-state index contributed by atoms with van der Waals surface area (Å²) in [5.74, 6) is 0. The fourth-order valence-electron chi connectivity index (χ4n) is 2.61. The van der Waals surface area contributed by atoms with Crippen LogP contribution < -0.4 is 5.32 Å². The second-order valence-corrected chi connectivity index (χ2v) is 5.55. The highest BCUT2D eigenvalue weighted by Gasteiger charge is 2.01. The second-order valence-electron chi connectivity index (χ2n) is 5.55. The molecule has 3 aromatic carbocycles. The maximum atomic E-state index is 3.52. The first-order valence-corrected chi connectivity index (χ1v) is 7.76. The minimum absolute atomic E-state index is 0.363. The molecule has 1 unspecified atom stereocenters. The van der Waals surface area contributed by atoms with Crippen LogP contribution in [0.2, 0.25) is 0 Å². The first-order valence-electron chi connectivity index (χ1n) is 7.76. The Morgan fingerprint density at radius 3 is 2.41 bits per heavy atom. The van der Waals surface area contributed by atoms with Crippen LogP contribution in [0.4, 0.5) is 0 Å². The average Bonchev–Trinajstić information content (AvgIpc) is 2.59. The molecule has 1 nitrogen and oxygen atoms in total. The highest BCUT2D eigenvalue weighted by Crippen LogP contribution is 2.16. The van der Waals surface area contributed by atoms with Crippen molar-refractivity contribution in [3.05, 3.63) is 90.0 Å². The van der Waals surface area contributed by atoms with Gasteiger partial charge in [0.1, 0.15) is 0 Å². The summed E-state index contributed by atoms with van der Waals surface area (Å²) in [5, 5.41) is 6.09. The number of hydrogen-bond acceptors (Lipinski definition) is 1. The number of fused-ring (bicyclic) bond motifs is 1. The quantitative estimate of drug-likeness (QED) is 0.679. The lowest BCUT2D eigenvalue weighted by molar-refractivity contribution is 0.618. The molecule has 0 saturated carbocycles. The summed E-state index contributed by atoms with van der Waals surface area (Å²) < 4.78 is 0. The van der Waals surface area contributed by atoms with E-state index in [4.69, 9.17) is 0 Å². The molecule has 3 rings (SSSR count). The number of nitrogens with one attached hydrogen (secondary N) is 1. The third-order valence-corrected chi connectivity index (χ3v) is 3.93. The number of hydrogen-bond donors (Lipinski definition) is 1. The average molecular weight is 287 g/mol. The summed E-state index contributed by atoms with van der Waals surface area (Å²) in [4.78, 5) is 0. The van der Waals surface area contributed by atoms with Gasteiger partial charge in [0.2, 0.25) is 0 Å². The highest BCUT2D eigenvalue weighted by molar-refractivity contribution is 5.84. The Bertz CT molecular complexity index is 759. The van der Waals surface area contributed by atoms with Gasteiger partial charge in [-0.3, -0.25) is 0 Å². The SMILES string of the molecule is CC(NCC=Cc1ccc2ccccc2c1)c1ccccc1. The maximum Gasteiger partial charge on any atom is 0.0294 e. The van der Waals surface area contributed by atoms with Crippen LogP contribution in [0.1, 0.15) is 24.1 Å². The van der Waals surface area contributed by atoms with E-state index < -0.39 is 0 Å². The Balaban J connectivity index is 1.59. The van der Waals surface area contributed by atoms with Gasteiger partial charge in [-0.2, -0.15) is 0 Å². The van der Waals surface area contributed by atoms with Gasteiger partial charge in [0, 0.05) is 12.6 Å². The normalized spacial score (nSPS) is 12.8. The highest BCUT2D eigenvalue weighted by atomic mass is 14.9. The van der Waals surface area contributed by atoms with Crippen molar-refractivity contribution in [3.8, 4) is 0 Å². The summed E-state index contributed by atoms with van der Waals surface area (Å²) in [7, 11) is 0. The van der Waals surface area contributed by atoms with E-state index in [9.17, 15) is 0 Å². The monoisotopic (exact) mass is 287 g/mol. The Kier molecular flexibility index (Phi) is 4.67. The molecule has 0 fully saturated rings.